The highest BCUT2D eigenvalue weighted by Crippen LogP contribution is 2.27. The second-order valence-corrected chi connectivity index (χ2v) is 7.36. The van der Waals surface area contributed by atoms with Gasteiger partial charge < -0.3 is 19.4 Å². The van der Waals surface area contributed by atoms with E-state index in [1.54, 1.807) is 54.7 Å². The molecule has 5 aromatic rings. The number of hydrogen-bond donors (Lipinski definition) is 2. The van der Waals surface area contributed by atoms with Crippen molar-refractivity contribution < 1.29 is 14.3 Å². The molecule has 162 valence electrons. The summed E-state index contributed by atoms with van der Waals surface area (Å²) in [6.45, 7) is 0. The SMILES string of the molecule is COC(=O)c1cccc(Oc2ccc(N=Cc3c(=O)[nH]c4ccc5[nH]cccc5c34)cc2)c1. The van der Waals surface area contributed by atoms with Crippen LogP contribution in [0.15, 0.2) is 88.8 Å². The van der Waals surface area contributed by atoms with Crippen LogP contribution < -0.4 is 10.3 Å². The van der Waals surface area contributed by atoms with Crippen LogP contribution in [0.4, 0.5) is 5.69 Å². The van der Waals surface area contributed by atoms with Crippen LogP contribution in [-0.4, -0.2) is 29.3 Å². The number of aromatic amines is 2. The second kappa shape index (κ2) is 8.47. The van der Waals surface area contributed by atoms with Crippen molar-refractivity contribution in [1.82, 2.24) is 9.97 Å². The van der Waals surface area contributed by atoms with Gasteiger partial charge in [0.2, 0.25) is 0 Å². The molecule has 7 nitrogen and oxygen atoms in total. The molecule has 0 bridgehead atoms. The Balaban J connectivity index is 1.40. The van der Waals surface area contributed by atoms with Crippen LogP contribution in [0.5, 0.6) is 11.5 Å². The Labute approximate surface area is 188 Å². The summed E-state index contributed by atoms with van der Waals surface area (Å²) < 4.78 is 10.6. The van der Waals surface area contributed by atoms with Gasteiger partial charge in [0.15, 0.2) is 0 Å². The Morgan fingerprint density at radius 2 is 1.76 bits per heavy atom. The Morgan fingerprint density at radius 1 is 0.939 bits per heavy atom. The third kappa shape index (κ3) is 3.99. The quantitative estimate of drug-likeness (QED) is 0.287. The lowest BCUT2D eigenvalue weighted by atomic mass is 10.1. The first-order chi connectivity index (χ1) is 16.1. The minimum atomic E-state index is -0.425. The number of pyridine rings is 1. The molecule has 2 aromatic heterocycles. The number of aromatic nitrogens is 2. The maximum Gasteiger partial charge on any atom is 0.337 e. The zero-order valence-corrected chi connectivity index (χ0v) is 17.7. The number of nitrogens with zero attached hydrogens (tertiary/aromatic N) is 1. The molecule has 0 fully saturated rings. The van der Waals surface area contributed by atoms with Gasteiger partial charge in [0.25, 0.3) is 5.56 Å². The van der Waals surface area contributed by atoms with Gasteiger partial charge in [-0.15, -0.1) is 0 Å². The van der Waals surface area contributed by atoms with Crippen molar-refractivity contribution in [3.05, 3.63) is 100 Å². The molecule has 0 spiro atoms. The first-order valence-corrected chi connectivity index (χ1v) is 10.2. The highest BCUT2D eigenvalue weighted by Gasteiger charge is 2.11. The number of ether oxygens (including phenoxy) is 2. The van der Waals surface area contributed by atoms with Gasteiger partial charge in [-0.1, -0.05) is 12.1 Å². The molecule has 33 heavy (non-hydrogen) atoms. The Morgan fingerprint density at radius 3 is 2.58 bits per heavy atom. The minimum absolute atomic E-state index is 0.185. The molecule has 2 N–H and O–H groups in total. The normalized spacial score (nSPS) is 11.3. The van der Waals surface area contributed by atoms with E-state index in [2.05, 4.69) is 15.0 Å². The number of carbonyl (C=O) groups is 1. The maximum absolute atomic E-state index is 12.5. The first-order valence-electron chi connectivity index (χ1n) is 10.2. The van der Waals surface area contributed by atoms with Gasteiger partial charge in [0.1, 0.15) is 11.5 Å². The summed E-state index contributed by atoms with van der Waals surface area (Å²) in [5.41, 5.74) is 3.12. The summed E-state index contributed by atoms with van der Waals surface area (Å²) in [5, 5.41) is 1.79. The van der Waals surface area contributed by atoms with Crippen LogP contribution in [0, 0.1) is 0 Å². The van der Waals surface area contributed by atoms with Gasteiger partial charge in [-0.25, -0.2) is 4.79 Å². The number of rotatable bonds is 5. The number of nitrogens with one attached hydrogen (secondary N) is 2. The fraction of sp³-hybridized carbons (Fsp3) is 0.0385. The summed E-state index contributed by atoms with van der Waals surface area (Å²) in [6.07, 6.45) is 3.44. The van der Waals surface area contributed by atoms with E-state index in [4.69, 9.17) is 9.47 Å². The number of fused-ring (bicyclic) bond motifs is 3. The van der Waals surface area contributed by atoms with E-state index < -0.39 is 5.97 Å². The molecule has 0 saturated carbocycles. The van der Waals surface area contributed by atoms with Crippen LogP contribution in [-0.2, 0) is 4.74 Å². The van der Waals surface area contributed by atoms with E-state index in [0.717, 1.165) is 21.8 Å². The van der Waals surface area contributed by atoms with Crippen molar-refractivity contribution in [2.24, 2.45) is 4.99 Å². The Hall–Kier alpha value is -4.65. The fourth-order valence-corrected chi connectivity index (χ4v) is 3.70. The number of benzene rings is 3. The predicted octanol–water partition coefficient (Wildman–Crippen LogP) is 5.34. The summed E-state index contributed by atoms with van der Waals surface area (Å²) in [4.78, 5) is 34.8. The highest BCUT2D eigenvalue weighted by molar-refractivity contribution is 6.13. The van der Waals surface area contributed by atoms with Crippen molar-refractivity contribution in [3.8, 4) is 11.5 Å². The molecular weight excluding hydrogens is 418 g/mol. The topological polar surface area (TPSA) is 96.5 Å². The molecule has 0 atom stereocenters. The molecule has 0 aliphatic rings. The van der Waals surface area contributed by atoms with Crippen molar-refractivity contribution in [2.45, 2.75) is 0 Å². The van der Waals surface area contributed by atoms with Crippen molar-refractivity contribution in [1.29, 1.82) is 0 Å². The predicted molar refractivity (Wildman–Crippen MR) is 128 cm³/mol. The third-order valence-electron chi connectivity index (χ3n) is 5.28. The van der Waals surface area contributed by atoms with Gasteiger partial charge in [-0.3, -0.25) is 9.79 Å². The lowest BCUT2D eigenvalue weighted by molar-refractivity contribution is 0.0600. The maximum atomic E-state index is 12.5. The second-order valence-electron chi connectivity index (χ2n) is 7.36. The Bertz CT molecular complexity index is 1560. The monoisotopic (exact) mass is 437 g/mol. The van der Waals surface area contributed by atoms with Crippen LogP contribution in [0.25, 0.3) is 21.8 Å². The van der Waals surface area contributed by atoms with E-state index >= 15 is 0 Å². The van der Waals surface area contributed by atoms with Crippen LogP contribution in [0.1, 0.15) is 15.9 Å². The van der Waals surface area contributed by atoms with Crippen molar-refractivity contribution in [3.63, 3.8) is 0 Å². The Kier molecular flexibility index (Phi) is 5.20. The van der Waals surface area contributed by atoms with E-state index in [-0.39, 0.29) is 5.56 Å². The average molecular weight is 437 g/mol. The fourth-order valence-electron chi connectivity index (χ4n) is 3.70. The average Bonchev–Trinajstić information content (AvgIpc) is 3.18. The lowest BCUT2D eigenvalue weighted by Gasteiger charge is -2.07. The molecule has 3 aromatic carbocycles. The van der Waals surface area contributed by atoms with E-state index in [0.29, 0.717) is 28.3 Å². The van der Waals surface area contributed by atoms with E-state index in [1.165, 1.54) is 7.11 Å². The summed E-state index contributed by atoms with van der Waals surface area (Å²) in [7, 11) is 1.34. The van der Waals surface area contributed by atoms with Crippen molar-refractivity contribution in [2.75, 3.05) is 7.11 Å². The molecule has 7 heteroatoms. The first kappa shape index (κ1) is 20.3. The summed E-state index contributed by atoms with van der Waals surface area (Å²) in [5.74, 6) is 0.688. The molecule has 0 aliphatic carbocycles. The van der Waals surface area contributed by atoms with Crippen molar-refractivity contribution >= 4 is 39.7 Å². The minimum Gasteiger partial charge on any atom is -0.465 e. The summed E-state index contributed by atoms with van der Waals surface area (Å²) >= 11 is 0. The standard InChI is InChI=1S/C26H19N3O4/c1-32-26(31)16-4-2-5-19(14-16)33-18-9-7-17(8-10-18)28-15-21-24-20-6-3-13-27-22(20)11-12-23(24)29-25(21)30/h2-15,27H,1H3,(H,29,30). The smallest absolute Gasteiger partial charge is 0.337 e. The number of H-pyrrole nitrogens is 2. The summed E-state index contributed by atoms with van der Waals surface area (Å²) in [6, 6.07) is 21.6. The van der Waals surface area contributed by atoms with Crippen LogP contribution in [0.3, 0.4) is 0 Å². The van der Waals surface area contributed by atoms with Gasteiger partial charge in [0.05, 0.1) is 23.9 Å². The number of esters is 1. The van der Waals surface area contributed by atoms with E-state index in [1.807, 2.05) is 30.5 Å². The molecule has 0 saturated heterocycles. The zero-order valence-electron chi connectivity index (χ0n) is 17.7. The number of aliphatic imine (C=N–C) groups is 1. The molecule has 0 aliphatic heterocycles. The highest BCUT2D eigenvalue weighted by atomic mass is 16.5. The lowest BCUT2D eigenvalue weighted by Crippen LogP contribution is -2.04. The van der Waals surface area contributed by atoms with Crippen LogP contribution >= 0.6 is 0 Å². The molecular formula is C26H19N3O4. The van der Waals surface area contributed by atoms with Gasteiger partial charge in [-0.05, 0) is 60.7 Å². The molecule has 0 unspecified atom stereocenters. The molecule has 0 radical (unpaired) electrons. The third-order valence-corrected chi connectivity index (χ3v) is 5.28. The number of hydrogen-bond acceptors (Lipinski definition) is 5. The largest absolute Gasteiger partial charge is 0.465 e. The van der Waals surface area contributed by atoms with Gasteiger partial charge in [-0.2, -0.15) is 0 Å². The van der Waals surface area contributed by atoms with Gasteiger partial charge >= 0.3 is 5.97 Å². The van der Waals surface area contributed by atoms with E-state index in [9.17, 15) is 9.59 Å². The number of carbonyl (C=O) groups excluding carboxylic acids is 1. The van der Waals surface area contributed by atoms with Crippen LogP contribution in [0.2, 0.25) is 0 Å². The molecule has 5 rings (SSSR count). The number of methoxy groups -OCH3 is 1. The zero-order chi connectivity index (χ0) is 22.8. The molecule has 2 heterocycles. The molecule has 0 amide bonds. The van der Waals surface area contributed by atoms with Gasteiger partial charge in [0, 0.05) is 34.2 Å².